The summed E-state index contributed by atoms with van der Waals surface area (Å²) in [4.78, 5) is 16.5. The van der Waals surface area contributed by atoms with Crippen LogP contribution in [-0.2, 0) is 11.3 Å². The minimum Gasteiger partial charge on any atom is -0.494 e. The van der Waals surface area contributed by atoms with E-state index in [0.717, 1.165) is 38.5 Å². The van der Waals surface area contributed by atoms with Crippen molar-refractivity contribution in [1.29, 1.82) is 0 Å². The molecule has 0 spiro atoms. The van der Waals surface area contributed by atoms with E-state index in [1.165, 1.54) is 5.56 Å². The maximum atomic E-state index is 12.3. The van der Waals surface area contributed by atoms with E-state index in [9.17, 15) is 4.79 Å². The van der Waals surface area contributed by atoms with E-state index in [-0.39, 0.29) is 17.9 Å². The molecule has 1 aliphatic rings. The van der Waals surface area contributed by atoms with Gasteiger partial charge < -0.3 is 15.4 Å². The van der Waals surface area contributed by atoms with E-state index in [4.69, 9.17) is 10.5 Å². The number of amides is 1. The average molecular weight is 319 g/mol. The first-order valence-corrected chi connectivity index (χ1v) is 8.49. The van der Waals surface area contributed by atoms with Gasteiger partial charge in [0, 0.05) is 32.7 Å². The number of hydrogen-bond acceptors (Lipinski definition) is 4. The summed E-state index contributed by atoms with van der Waals surface area (Å²) in [5, 5.41) is 0. The van der Waals surface area contributed by atoms with Crippen LogP contribution in [0.2, 0.25) is 0 Å². The predicted octanol–water partition coefficient (Wildman–Crippen LogP) is 1.71. The lowest BCUT2D eigenvalue weighted by Gasteiger charge is -2.36. The van der Waals surface area contributed by atoms with E-state index in [0.29, 0.717) is 6.61 Å². The Balaban J connectivity index is 1.81. The third kappa shape index (κ3) is 4.94. The smallest absolute Gasteiger partial charge is 0.239 e. The molecule has 0 unspecified atom stereocenters. The molecule has 1 aliphatic heterocycles. The SMILES string of the molecule is CCOc1ccc(CN2CCN(C(=O)[C@@H](N)C(C)C)CC2)cc1. The van der Waals surface area contributed by atoms with Gasteiger partial charge in [-0.1, -0.05) is 26.0 Å². The lowest BCUT2D eigenvalue weighted by molar-refractivity contribution is -0.135. The Labute approximate surface area is 139 Å². The third-order valence-corrected chi connectivity index (χ3v) is 4.33. The molecule has 0 aliphatic carbocycles. The number of nitrogens with two attached hydrogens (primary N) is 1. The molecular weight excluding hydrogens is 290 g/mol. The van der Waals surface area contributed by atoms with Crippen LogP contribution in [0.15, 0.2) is 24.3 Å². The van der Waals surface area contributed by atoms with Crippen LogP contribution in [0.4, 0.5) is 0 Å². The highest BCUT2D eigenvalue weighted by molar-refractivity contribution is 5.82. The van der Waals surface area contributed by atoms with Crippen LogP contribution in [0.25, 0.3) is 0 Å². The Bertz CT molecular complexity index is 493. The Kier molecular flexibility index (Phi) is 6.42. The third-order valence-electron chi connectivity index (χ3n) is 4.33. The fourth-order valence-electron chi connectivity index (χ4n) is 2.74. The number of carbonyl (C=O) groups excluding carboxylic acids is 1. The second kappa shape index (κ2) is 8.31. The highest BCUT2D eigenvalue weighted by Crippen LogP contribution is 2.15. The van der Waals surface area contributed by atoms with Gasteiger partial charge in [-0.05, 0) is 30.5 Å². The maximum absolute atomic E-state index is 12.3. The van der Waals surface area contributed by atoms with Crippen molar-refractivity contribution < 1.29 is 9.53 Å². The zero-order valence-electron chi connectivity index (χ0n) is 14.5. The molecule has 5 heteroatoms. The van der Waals surface area contributed by atoms with Crippen molar-refractivity contribution in [3.63, 3.8) is 0 Å². The first-order valence-electron chi connectivity index (χ1n) is 8.49. The van der Waals surface area contributed by atoms with Crippen molar-refractivity contribution >= 4 is 5.91 Å². The molecule has 0 radical (unpaired) electrons. The average Bonchev–Trinajstić information content (AvgIpc) is 2.56. The second-order valence-electron chi connectivity index (χ2n) is 6.45. The zero-order valence-corrected chi connectivity index (χ0v) is 14.5. The Morgan fingerprint density at radius 2 is 1.78 bits per heavy atom. The first kappa shape index (κ1) is 17.8. The van der Waals surface area contributed by atoms with Crippen LogP contribution in [0, 0.1) is 5.92 Å². The summed E-state index contributed by atoms with van der Waals surface area (Å²) < 4.78 is 5.46. The molecule has 0 aromatic heterocycles. The van der Waals surface area contributed by atoms with Gasteiger partial charge in [0.05, 0.1) is 12.6 Å². The van der Waals surface area contributed by atoms with E-state index in [1.54, 1.807) is 0 Å². The topological polar surface area (TPSA) is 58.8 Å². The fraction of sp³-hybridized carbons (Fsp3) is 0.611. The molecule has 23 heavy (non-hydrogen) atoms. The molecule has 128 valence electrons. The molecule has 2 rings (SSSR count). The summed E-state index contributed by atoms with van der Waals surface area (Å²) in [7, 11) is 0. The molecule has 0 saturated carbocycles. The van der Waals surface area contributed by atoms with Crippen molar-refractivity contribution in [2.45, 2.75) is 33.4 Å². The maximum Gasteiger partial charge on any atom is 0.239 e. The van der Waals surface area contributed by atoms with Crippen LogP contribution in [-0.4, -0.2) is 54.5 Å². The second-order valence-corrected chi connectivity index (χ2v) is 6.45. The van der Waals surface area contributed by atoms with Gasteiger partial charge in [-0.15, -0.1) is 0 Å². The van der Waals surface area contributed by atoms with Crippen LogP contribution in [0.5, 0.6) is 5.75 Å². The number of carbonyl (C=O) groups is 1. The quantitative estimate of drug-likeness (QED) is 0.867. The molecule has 1 fully saturated rings. The predicted molar refractivity (Wildman–Crippen MR) is 92.3 cm³/mol. The highest BCUT2D eigenvalue weighted by atomic mass is 16.5. The summed E-state index contributed by atoms with van der Waals surface area (Å²) >= 11 is 0. The van der Waals surface area contributed by atoms with Crippen molar-refractivity contribution in [2.24, 2.45) is 11.7 Å². The molecule has 0 bridgehead atoms. The summed E-state index contributed by atoms with van der Waals surface area (Å²) in [5.41, 5.74) is 7.24. The molecule has 1 aromatic carbocycles. The monoisotopic (exact) mass is 319 g/mol. The van der Waals surface area contributed by atoms with E-state index in [1.807, 2.05) is 37.8 Å². The van der Waals surface area contributed by atoms with Gasteiger partial charge in [0.1, 0.15) is 5.75 Å². The van der Waals surface area contributed by atoms with E-state index in [2.05, 4.69) is 17.0 Å². The zero-order chi connectivity index (χ0) is 16.8. The van der Waals surface area contributed by atoms with Gasteiger partial charge in [-0.3, -0.25) is 9.69 Å². The van der Waals surface area contributed by atoms with Gasteiger partial charge in [0.2, 0.25) is 5.91 Å². The number of hydrogen-bond donors (Lipinski definition) is 1. The normalized spacial score (nSPS) is 17.3. The fourth-order valence-corrected chi connectivity index (χ4v) is 2.74. The Morgan fingerprint density at radius 3 is 2.30 bits per heavy atom. The minimum atomic E-state index is -0.382. The Hall–Kier alpha value is -1.59. The van der Waals surface area contributed by atoms with Crippen LogP contribution in [0.1, 0.15) is 26.3 Å². The number of nitrogens with zero attached hydrogens (tertiary/aromatic N) is 2. The molecule has 1 amide bonds. The number of benzene rings is 1. The van der Waals surface area contributed by atoms with Crippen LogP contribution >= 0.6 is 0 Å². The van der Waals surface area contributed by atoms with E-state index >= 15 is 0 Å². The largest absolute Gasteiger partial charge is 0.494 e. The van der Waals surface area contributed by atoms with Crippen molar-refractivity contribution in [3.8, 4) is 5.75 Å². The molecule has 1 atom stereocenters. The first-order chi connectivity index (χ1) is 11.0. The highest BCUT2D eigenvalue weighted by Gasteiger charge is 2.26. The van der Waals surface area contributed by atoms with Crippen molar-refractivity contribution in [1.82, 2.24) is 9.80 Å². The lowest BCUT2D eigenvalue weighted by Crippen LogP contribution is -2.54. The summed E-state index contributed by atoms with van der Waals surface area (Å²) in [6.07, 6.45) is 0. The molecule has 1 aromatic rings. The van der Waals surface area contributed by atoms with Gasteiger partial charge in [0.15, 0.2) is 0 Å². The number of rotatable bonds is 6. The summed E-state index contributed by atoms with van der Waals surface area (Å²) in [5.74, 6) is 1.18. The standard InChI is InChI=1S/C18H29N3O2/c1-4-23-16-7-5-15(6-8-16)13-20-9-11-21(12-10-20)18(22)17(19)14(2)3/h5-8,14,17H,4,9-13,19H2,1-3H3/t17-/m0/s1. The van der Waals surface area contributed by atoms with Crippen LogP contribution < -0.4 is 10.5 Å². The lowest BCUT2D eigenvalue weighted by atomic mass is 10.0. The summed E-state index contributed by atoms with van der Waals surface area (Å²) in [6.45, 7) is 10.9. The molecule has 1 heterocycles. The van der Waals surface area contributed by atoms with Crippen molar-refractivity contribution in [2.75, 3.05) is 32.8 Å². The number of piperazine rings is 1. The van der Waals surface area contributed by atoms with Crippen molar-refractivity contribution in [3.05, 3.63) is 29.8 Å². The van der Waals surface area contributed by atoms with Gasteiger partial charge in [-0.25, -0.2) is 0 Å². The molecular formula is C18H29N3O2. The Morgan fingerprint density at radius 1 is 1.17 bits per heavy atom. The molecule has 1 saturated heterocycles. The molecule has 2 N–H and O–H groups in total. The van der Waals surface area contributed by atoms with Gasteiger partial charge in [-0.2, -0.15) is 0 Å². The van der Waals surface area contributed by atoms with Gasteiger partial charge >= 0.3 is 0 Å². The van der Waals surface area contributed by atoms with Gasteiger partial charge in [0.25, 0.3) is 0 Å². The minimum absolute atomic E-state index is 0.0840. The summed E-state index contributed by atoms with van der Waals surface area (Å²) in [6, 6.07) is 7.86. The van der Waals surface area contributed by atoms with Crippen LogP contribution in [0.3, 0.4) is 0 Å². The molecule has 5 nitrogen and oxygen atoms in total. The van der Waals surface area contributed by atoms with E-state index < -0.39 is 0 Å². The number of ether oxygens (including phenoxy) is 1.